The zero-order valence-electron chi connectivity index (χ0n) is 10.6. The lowest BCUT2D eigenvalue weighted by Crippen LogP contribution is -2.43. The van der Waals surface area contributed by atoms with E-state index in [1.807, 2.05) is 27.5 Å². The van der Waals surface area contributed by atoms with Gasteiger partial charge >= 0.3 is 0 Å². The highest BCUT2D eigenvalue weighted by Crippen LogP contribution is 2.25. The number of phenolic OH excluding ortho intramolecular Hbond substituents is 1. The van der Waals surface area contributed by atoms with Crippen molar-refractivity contribution in [2.24, 2.45) is 0 Å². The number of carbonyl (C=O) groups excluding carboxylic acids is 1. The summed E-state index contributed by atoms with van der Waals surface area (Å²) >= 11 is 7.86. The maximum atomic E-state index is 12.5. The Morgan fingerprint density at radius 3 is 2.95 bits per heavy atom. The number of hydrogen-bond donors (Lipinski definition) is 1. The molecule has 104 valence electrons. The average molecular weight is 394 g/mol. The molecule has 0 aliphatic carbocycles. The van der Waals surface area contributed by atoms with Crippen LogP contribution in [0.1, 0.15) is 36.0 Å². The van der Waals surface area contributed by atoms with E-state index in [-0.39, 0.29) is 17.7 Å². The predicted molar refractivity (Wildman–Crippen MR) is 84.8 cm³/mol. The maximum absolute atomic E-state index is 12.5. The van der Waals surface area contributed by atoms with Gasteiger partial charge < -0.3 is 10.0 Å². The van der Waals surface area contributed by atoms with Crippen LogP contribution in [0.4, 0.5) is 0 Å². The molecule has 0 radical (unpaired) electrons. The molecule has 1 aromatic rings. The van der Waals surface area contributed by atoms with Crippen molar-refractivity contribution in [3.05, 3.63) is 27.3 Å². The van der Waals surface area contributed by atoms with E-state index in [4.69, 9.17) is 11.6 Å². The summed E-state index contributed by atoms with van der Waals surface area (Å²) in [6, 6.07) is 5.33. The molecule has 5 heteroatoms. The van der Waals surface area contributed by atoms with Crippen LogP contribution >= 0.6 is 34.2 Å². The molecule has 1 fully saturated rings. The molecule has 1 aliphatic heterocycles. The molecule has 19 heavy (non-hydrogen) atoms. The Morgan fingerprint density at radius 2 is 2.26 bits per heavy atom. The fourth-order valence-electron chi connectivity index (χ4n) is 2.51. The number of rotatable bonds is 3. The molecule has 0 aromatic heterocycles. The summed E-state index contributed by atoms with van der Waals surface area (Å²) in [5, 5.41) is 9.72. The van der Waals surface area contributed by atoms with Gasteiger partial charge in [0, 0.05) is 24.0 Å². The third-order valence-electron chi connectivity index (χ3n) is 3.52. The van der Waals surface area contributed by atoms with Crippen LogP contribution in [-0.2, 0) is 0 Å². The average Bonchev–Trinajstić information content (AvgIpc) is 2.42. The Labute approximate surface area is 132 Å². The van der Waals surface area contributed by atoms with Gasteiger partial charge in [-0.1, -0.05) is 0 Å². The molecule has 1 aromatic carbocycles. The molecule has 0 spiro atoms. The molecular weight excluding hydrogens is 377 g/mol. The second-order valence-corrected chi connectivity index (χ2v) is 6.33. The SMILES string of the molecule is O=C(c1ccc(I)c(O)c1)N1CCCCC1CCCl. The highest BCUT2D eigenvalue weighted by molar-refractivity contribution is 14.1. The number of likely N-dealkylation sites (tertiary alicyclic amines) is 1. The lowest BCUT2D eigenvalue weighted by molar-refractivity contribution is 0.0609. The van der Waals surface area contributed by atoms with Gasteiger partial charge in [0.2, 0.25) is 0 Å². The monoisotopic (exact) mass is 393 g/mol. The van der Waals surface area contributed by atoms with Crippen LogP contribution in [0, 0.1) is 3.57 Å². The number of amides is 1. The number of nitrogens with zero attached hydrogens (tertiary/aromatic N) is 1. The summed E-state index contributed by atoms with van der Waals surface area (Å²) in [5.41, 5.74) is 0.555. The number of halogens is 2. The van der Waals surface area contributed by atoms with E-state index >= 15 is 0 Å². The normalized spacial score (nSPS) is 19.5. The van der Waals surface area contributed by atoms with E-state index in [0.717, 1.165) is 35.8 Å². The molecule has 1 saturated heterocycles. The van der Waals surface area contributed by atoms with Crippen molar-refractivity contribution in [2.75, 3.05) is 12.4 Å². The quantitative estimate of drug-likeness (QED) is 0.629. The minimum Gasteiger partial charge on any atom is -0.507 e. The first kappa shape index (κ1) is 14.9. The van der Waals surface area contributed by atoms with Gasteiger partial charge in [0.1, 0.15) is 5.75 Å². The molecule has 2 rings (SSSR count). The smallest absolute Gasteiger partial charge is 0.254 e. The van der Waals surface area contributed by atoms with Gasteiger partial charge in [-0.25, -0.2) is 0 Å². The molecular formula is C14H17ClINO2. The number of piperidine rings is 1. The Kier molecular flexibility index (Phi) is 5.33. The Hall–Kier alpha value is -0.490. The number of carbonyl (C=O) groups is 1. The molecule has 0 saturated carbocycles. The molecule has 0 bridgehead atoms. The number of alkyl halides is 1. The van der Waals surface area contributed by atoms with Crippen LogP contribution in [0.25, 0.3) is 0 Å². The van der Waals surface area contributed by atoms with E-state index in [9.17, 15) is 9.90 Å². The summed E-state index contributed by atoms with van der Waals surface area (Å²) in [5.74, 6) is 0.741. The van der Waals surface area contributed by atoms with E-state index in [1.54, 1.807) is 18.2 Å². The van der Waals surface area contributed by atoms with E-state index in [1.165, 1.54) is 0 Å². The third-order valence-corrected chi connectivity index (χ3v) is 4.65. The number of phenols is 1. The van der Waals surface area contributed by atoms with Crippen LogP contribution < -0.4 is 0 Å². The zero-order valence-corrected chi connectivity index (χ0v) is 13.5. The molecule has 3 nitrogen and oxygen atoms in total. The Bertz CT molecular complexity index is 465. The van der Waals surface area contributed by atoms with Gasteiger partial charge in [-0.3, -0.25) is 4.79 Å². The van der Waals surface area contributed by atoms with Crippen molar-refractivity contribution in [1.29, 1.82) is 0 Å². The van der Waals surface area contributed by atoms with Gasteiger partial charge in [-0.2, -0.15) is 0 Å². The lowest BCUT2D eigenvalue weighted by Gasteiger charge is -2.35. The number of aromatic hydroxyl groups is 1. The van der Waals surface area contributed by atoms with Crippen LogP contribution in [-0.4, -0.2) is 34.4 Å². The van der Waals surface area contributed by atoms with Crippen LogP contribution in [0.3, 0.4) is 0 Å². The zero-order chi connectivity index (χ0) is 13.8. The summed E-state index contributed by atoms with van der Waals surface area (Å²) < 4.78 is 0.755. The summed E-state index contributed by atoms with van der Waals surface area (Å²) in [7, 11) is 0. The highest BCUT2D eigenvalue weighted by atomic mass is 127. The fraction of sp³-hybridized carbons (Fsp3) is 0.500. The molecule has 1 heterocycles. The van der Waals surface area contributed by atoms with Crippen molar-refractivity contribution < 1.29 is 9.90 Å². The van der Waals surface area contributed by atoms with E-state index < -0.39 is 0 Å². The topological polar surface area (TPSA) is 40.5 Å². The maximum Gasteiger partial charge on any atom is 0.254 e. The minimum atomic E-state index is 0.00140. The second kappa shape index (κ2) is 6.79. The van der Waals surface area contributed by atoms with Gasteiger partial charge in [-0.05, 0) is 66.5 Å². The standard InChI is InChI=1S/C14H17ClINO2/c15-7-6-11-3-1-2-8-17(11)14(19)10-4-5-12(16)13(18)9-10/h4-5,9,11,18H,1-3,6-8H2. The van der Waals surface area contributed by atoms with E-state index in [0.29, 0.717) is 11.4 Å². The molecule has 1 amide bonds. The predicted octanol–water partition coefficient (Wildman–Crippen LogP) is 3.62. The summed E-state index contributed by atoms with van der Waals surface area (Å²) in [6.07, 6.45) is 4.06. The largest absolute Gasteiger partial charge is 0.507 e. The lowest BCUT2D eigenvalue weighted by atomic mass is 9.99. The van der Waals surface area contributed by atoms with Crippen LogP contribution in [0.15, 0.2) is 18.2 Å². The molecule has 1 atom stereocenters. The van der Waals surface area contributed by atoms with E-state index in [2.05, 4.69) is 0 Å². The second-order valence-electron chi connectivity index (χ2n) is 4.79. The number of hydrogen-bond acceptors (Lipinski definition) is 2. The first-order valence-corrected chi connectivity index (χ1v) is 8.10. The van der Waals surface area contributed by atoms with Gasteiger partial charge in [0.25, 0.3) is 5.91 Å². The first-order chi connectivity index (χ1) is 9.13. The van der Waals surface area contributed by atoms with Crippen LogP contribution in [0.2, 0.25) is 0 Å². The highest BCUT2D eigenvalue weighted by Gasteiger charge is 2.27. The summed E-state index contributed by atoms with van der Waals surface area (Å²) in [4.78, 5) is 14.4. The molecule has 1 aliphatic rings. The van der Waals surface area contributed by atoms with Crippen molar-refractivity contribution >= 4 is 40.1 Å². The first-order valence-electron chi connectivity index (χ1n) is 6.49. The third kappa shape index (κ3) is 3.54. The fourth-order valence-corrected chi connectivity index (χ4v) is 3.09. The molecule has 1 unspecified atom stereocenters. The Balaban J connectivity index is 2.18. The van der Waals surface area contributed by atoms with Crippen molar-refractivity contribution in [3.63, 3.8) is 0 Å². The van der Waals surface area contributed by atoms with Crippen molar-refractivity contribution in [3.8, 4) is 5.75 Å². The minimum absolute atomic E-state index is 0.00140. The van der Waals surface area contributed by atoms with Crippen molar-refractivity contribution in [1.82, 2.24) is 4.90 Å². The van der Waals surface area contributed by atoms with Gasteiger partial charge in [-0.15, -0.1) is 11.6 Å². The van der Waals surface area contributed by atoms with Crippen LogP contribution in [0.5, 0.6) is 5.75 Å². The van der Waals surface area contributed by atoms with Gasteiger partial charge in [0.05, 0.1) is 3.57 Å². The Morgan fingerprint density at radius 1 is 1.47 bits per heavy atom. The summed E-state index contributed by atoms with van der Waals surface area (Å²) in [6.45, 7) is 0.785. The molecule has 1 N–H and O–H groups in total. The number of benzene rings is 1. The van der Waals surface area contributed by atoms with Crippen molar-refractivity contribution in [2.45, 2.75) is 31.7 Å². The van der Waals surface area contributed by atoms with Gasteiger partial charge in [0.15, 0.2) is 0 Å².